The Labute approximate surface area is 239 Å². The van der Waals surface area contributed by atoms with Gasteiger partial charge in [-0.05, 0) is 31.2 Å². The fourth-order valence-electron chi connectivity index (χ4n) is 3.84. The van der Waals surface area contributed by atoms with E-state index in [0.29, 0.717) is 0 Å². The molecular formula is C22H22N4O15P2. The van der Waals surface area contributed by atoms with E-state index in [2.05, 4.69) is 4.98 Å². The molecule has 0 saturated carbocycles. The van der Waals surface area contributed by atoms with Crippen molar-refractivity contribution in [2.24, 2.45) is 0 Å². The van der Waals surface area contributed by atoms with E-state index in [-0.39, 0.29) is 34.9 Å². The molecule has 0 spiro atoms. The van der Waals surface area contributed by atoms with E-state index in [4.69, 9.17) is 22.8 Å². The molecule has 0 aliphatic carbocycles. The van der Waals surface area contributed by atoms with Gasteiger partial charge in [0.1, 0.15) is 29.9 Å². The number of aromatic amines is 1. The Hall–Kier alpha value is -4.22. The fraction of sp³-hybridized carbons (Fsp3) is 0.273. The number of rotatable bonds is 12. The maximum absolute atomic E-state index is 12.8. The molecule has 1 aromatic heterocycles. The van der Waals surface area contributed by atoms with Crippen LogP contribution in [0.25, 0.3) is 0 Å². The highest BCUT2D eigenvalue weighted by Gasteiger charge is 2.44. The zero-order valence-electron chi connectivity index (χ0n) is 21.8. The summed E-state index contributed by atoms with van der Waals surface area (Å²) in [6.07, 6.45) is -3.17. The summed E-state index contributed by atoms with van der Waals surface area (Å²) in [4.78, 5) is 67.1. The lowest BCUT2D eigenvalue weighted by Crippen LogP contribution is -2.33. The number of aryl methyl sites for hydroxylation is 1. The molecule has 230 valence electrons. The Balaban J connectivity index is 1.51. The molecule has 1 saturated heterocycles. The van der Waals surface area contributed by atoms with Gasteiger partial charge in [-0.25, -0.2) is 13.9 Å². The number of H-pyrrole nitrogens is 1. The Kier molecular flexibility index (Phi) is 9.26. The van der Waals surface area contributed by atoms with Gasteiger partial charge in [-0.2, -0.15) is 0 Å². The number of nitrogens with one attached hydrogen (secondary N) is 1. The number of benzene rings is 2. The first-order chi connectivity index (χ1) is 20.1. The third kappa shape index (κ3) is 8.20. The molecule has 3 aromatic rings. The van der Waals surface area contributed by atoms with Crippen LogP contribution in [0.4, 0.5) is 11.4 Å². The second-order valence-electron chi connectivity index (χ2n) is 8.90. The number of nitrogens with zero attached hydrogens (tertiary/aromatic N) is 3. The van der Waals surface area contributed by atoms with Crippen molar-refractivity contribution in [2.45, 2.75) is 31.8 Å². The highest BCUT2D eigenvalue weighted by atomic mass is 31.2. The number of phosphoric acid groups is 2. The van der Waals surface area contributed by atoms with Gasteiger partial charge in [-0.15, -0.1) is 0 Å². The number of nitro groups is 2. The second kappa shape index (κ2) is 12.6. The topological polar surface area (TPSA) is 262 Å². The van der Waals surface area contributed by atoms with Gasteiger partial charge < -0.3 is 13.8 Å². The molecule has 1 aliphatic rings. The molecule has 0 radical (unpaired) electrons. The molecule has 2 heterocycles. The van der Waals surface area contributed by atoms with E-state index in [1.54, 1.807) is 0 Å². The van der Waals surface area contributed by atoms with Crippen molar-refractivity contribution in [3.05, 3.63) is 101 Å². The lowest BCUT2D eigenvalue weighted by atomic mass is 10.2. The molecule has 21 heteroatoms. The maximum atomic E-state index is 12.8. The van der Waals surface area contributed by atoms with Crippen LogP contribution >= 0.6 is 15.6 Å². The zero-order chi connectivity index (χ0) is 31.5. The van der Waals surface area contributed by atoms with Crippen molar-refractivity contribution in [3.8, 4) is 11.5 Å². The van der Waals surface area contributed by atoms with Gasteiger partial charge in [0.25, 0.3) is 16.9 Å². The van der Waals surface area contributed by atoms with Gasteiger partial charge in [0.15, 0.2) is 0 Å². The SMILES string of the molecule is Cc1cn([C@H]2C[C@H](OP(=O)(O)Oc3ccc([N+](=O)[O-])cc3)[C@@H](COP(=O)(O)Oc3ccc([N+](=O)[O-])cc3)O2)c(=O)[nH]c1=O. The van der Waals surface area contributed by atoms with Crippen LogP contribution in [0.2, 0.25) is 0 Å². The monoisotopic (exact) mass is 644 g/mol. The van der Waals surface area contributed by atoms with Crippen molar-refractivity contribution in [2.75, 3.05) is 6.61 Å². The number of aromatic nitrogens is 2. The third-order valence-corrected chi connectivity index (χ3v) is 7.74. The van der Waals surface area contributed by atoms with Gasteiger partial charge in [0.05, 0.1) is 16.5 Å². The minimum atomic E-state index is -4.99. The van der Waals surface area contributed by atoms with Crippen LogP contribution in [0, 0.1) is 27.2 Å². The summed E-state index contributed by atoms with van der Waals surface area (Å²) in [6, 6.07) is 8.32. The molecule has 5 atom stereocenters. The largest absolute Gasteiger partial charge is 0.527 e. The van der Waals surface area contributed by atoms with E-state index in [1.807, 2.05) is 0 Å². The molecule has 0 bridgehead atoms. The smallest absolute Gasteiger partial charge is 0.404 e. The molecule has 19 nitrogen and oxygen atoms in total. The zero-order valence-corrected chi connectivity index (χ0v) is 23.6. The Bertz CT molecular complexity index is 1720. The van der Waals surface area contributed by atoms with E-state index in [9.17, 15) is 48.7 Å². The molecule has 0 amide bonds. The second-order valence-corrected chi connectivity index (χ2v) is 11.6. The summed E-state index contributed by atoms with van der Waals surface area (Å²) < 4.78 is 52.2. The average Bonchev–Trinajstić information content (AvgIpc) is 3.31. The lowest BCUT2D eigenvalue weighted by molar-refractivity contribution is -0.385. The van der Waals surface area contributed by atoms with Crippen molar-refractivity contribution in [1.29, 1.82) is 0 Å². The summed E-state index contributed by atoms with van der Waals surface area (Å²) in [5.74, 6) is -0.510. The van der Waals surface area contributed by atoms with Gasteiger partial charge in [-0.1, -0.05) is 0 Å². The van der Waals surface area contributed by atoms with Gasteiger partial charge in [0.2, 0.25) is 0 Å². The standard InChI is InChI=1S/C22H22N4O15P2/c1-13-11-24(22(28)23-21(13)27)20-10-18(41-43(35,36)40-17-8-4-15(5-9-17)26(31)32)19(38-20)12-37-42(33,34)39-16-6-2-14(3-7-16)25(29)30/h2-9,11,18-20H,10,12H2,1H3,(H,33,34)(H,35,36)(H,23,27,28)/t18-,19+,20+/m0/s1. The van der Waals surface area contributed by atoms with Gasteiger partial charge in [0, 0.05) is 42.4 Å². The van der Waals surface area contributed by atoms with Gasteiger partial charge >= 0.3 is 21.3 Å². The normalized spacial score (nSPS) is 21.0. The first-order valence-electron chi connectivity index (χ1n) is 12.0. The van der Waals surface area contributed by atoms with E-state index in [0.717, 1.165) is 53.1 Å². The number of hydrogen-bond acceptors (Lipinski definition) is 13. The molecule has 4 rings (SSSR count). The van der Waals surface area contributed by atoms with Crippen LogP contribution in [0.15, 0.2) is 64.3 Å². The summed E-state index contributed by atoms with van der Waals surface area (Å²) in [5, 5.41) is 21.6. The molecule has 2 aromatic carbocycles. The van der Waals surface area contributed by atoms with Crippen LogP contribution in [-0.2, 0) is 22.9 Å². The summed E-state index contributed by atoms with van der Waals surface area (Å²) in [6.45, 7) is 0.617. The van der Waals surface area contributed by atoms with E-state index < -0.39 is 61.8 Å². The third-order valence-electron chi connectivity index (χ3n) is 5.84. The molecule has 3 N–H and O–H groups in total. The minimum Gasteiger partial charge on any atom is -0.404 e. The summed E-state index contributed by atoms with van der Waals surface area (Å²) in [7, 11) is -9.89. The minimum absolute atomic E-state index is 0.131. The van der Waals surface area contributed by atoms with Crippen molar-refractivity contribution in [1.82, 2.24) is 9.55 Å². The lowest BCUT2D eigenvalue weighted by Gasteiger charge is -2.22. The first-order valence-corrected chi connectivity index (χ1v) is 15.0. The first kappa shape index (κ1) is 31.7. The van der Waals surface area contributed by atoms with Gasteiger partial charge in [-0.3, -0.25) is 53.4 Å². The van der Waals surface area contributed by atoms with Crippen molar-refractivity contribution < 1.29 is 51.6 Å². The van der Waals surface area contributed by atoms with Crippen LogP contribution in [0.5, 0.6) is 11.5 Å². The summed E-state index contributed by atoms with van der Waals surface area (Å²) in [5.41, 5.74) is -2.02. The maximum Gasteiger partial charge on any atom is 0.527 e. The Morgan fingerprint density at radius 3 is 1.98 bits per heavy atom. The number of phosphoric ester groups is 2. The summed E-state index contributed by atoms with van der Waals surface area (Å²) >= 11 is 0. The molecule has 1 aliphatic heterocycles. The average molecular weight is 644 g/mol. The van der Waals surface area contributed by atoms with Crippen LogP contribution in [0.1, 0.15) is 18.2 Å². The number of hydrogen-bond donors (Lipinski definition) is 3. The molecule has 43 heavy (non-hydrogen) atoms. The molecule has 1 fully saturated rings. The van der Waals surface area contributed by atoms with Crippen LogP contribution in [0.3, 0.4) is 0 Å². The number of ether oxygens (including phenoxy) is 1. The van der Waals surface area contributed by atoms with Crippen LogP contribution < -0.4 is 20.3 Å². The highest BCUT2D eigenvalue weighted by molar-refractivity contribution is 7.48. The van der Waals surface area contributed by atoms with Crippen molar-refractivity contribution in [3.63, 3.8) is 0 Å². The Morgan fingerprint density at radius 1 is 0.953 bits per heavy atom. The van der Waals surface area contributed by atoms with Crippen molar-refractivity contribution >= 4 is 27.0 Å². The molecule has 2 unspecified atom stereocenters. The fourth-order valence-corrected chi connectivity index (χ4v) is 5.61. The highest BCUT2D eigenvalue weighted by Crippen LogP contribution is 2.50. The predicted molar refractivity (Wildman–Crippen MR) is 143 cm³/mol. The Morgan fingerprint density at radius 2 is 1.47 bits per heavy atom. The predicted octanol–water partition coefficient (Wildman–Crippen LogP) is 2.71. The van der Waals surface area contributed by atoms with E-state index in [1.165, 1.54) is 13.1 Å². The number of non-ortho nitro benzene ring substituents is 2. The molecular weight excluding hydrogens is 622 g/mol. The quantitative estimate of drug-likeness (QED) is 0.145. The van der Waals surface area contributed by atoms with Crippen LogP contribution in [-0.4, -0.2) is 48.0 Å². The number of nitro benzene ring substituents is 2. The van der Waals surface area contributed by atoms with E-state index >= 15 is 0 Å².